The molecule has 0 spiro atoms. The lowest BCUT2D eigenvalue weighted by atomic mass is 10.2. The van der Waals surface area contributed by atoms with Crippen LogP contribution in [0.5, 0.6) is 0 Å². The van der Waals surface area contributed by atoms with Crippen molar-refractivity contribution < 1.29 is 4.74 Å². The Labute approximate surface area is 123 Å². The highest BCUT2D eigenvalue weighted by Gasteiger charge is 1.99. The van der Waals surface area contributed by atoms with Crippen LogP contribution in [0.25, 0.3) is 0 Å². The van der Waals surface area contributed by atoms with E-state index in [4.69, 9.17) is 16.3 Å². The molecule has 102 valence electrons. The third-order valence-electron chi connectivity index (χ3n) is 2.41. The van der Waals surface area contributed by atoms with E-state index >= 15 is 0 Å². The van der Waals surface area contributed by atoms with Crippen LogP contribution in [0.1, 0.15) is 25.8 Å². The molecule has 0 aromatic heterocycles. The second kappa shape index (κ2) is 8.92. The van der Waals surface area contributed by atoms with Gasteiger partial charge in [0.05, 0.1) is 5.02 Å². The molecule has 0 heterocycles. The number of hydrogen-bond acceptors (Lipinski definition) is 2. The van der Waals surface area contributed by atoms with Gasteiger partial charge in [-0.15, -0.1) is 0 Å². The third kappa shape index (κ3) is 6.74. The van der Waals surface area contributed by atoms with E-state index in [-0.39, 0.29) is 0 Å². The molecule has 0 aliphatic rings. The minimum absolute atomic E-state index is 0.614. The summed E-state index contributed by atoms with van der Waals surface area (Å²) in [6, 6.07) is 6.03. The van der Waals surface area contributed by atoms with E-state index in [1.54, 1.807) is 0 Å². The lowest BCUT2D eigenvalue weighted by Crippen LogP contribution is -2.17. The molecular weight excluding hydrogens is 314 g/mol. The van der Waals surface area contributed by atoms with Crippen LogP contribution in [0.4, 0.5) is 0 Å². The monoisotopic (exact) mass is 333 g/mol. The van der Waals surface area contributed by atoms with Gasteiger partial charge in [0.2, 0.25) is 0 Å². The van der Waals surface area contributed by atoms with Crippen molar-refractivity contribution >= 4 is 27.5 Å². The molecule has 0 unspecified atom stereocenters. The number of rotatable bonds is 8. The lowest BCUT2D eigenvalue weighted by molar-refractivity contribution is 0.108. The van der Waals surface area contributed by atoms with E-state index in [2.05, 4.69) is 41.2 Å². The van der Waals surface area contributed by atoms with Crippen molar-refractivity contribution in [3.63, 3.8) is 0 Å². The number of benzene rings is 1. The van der Waals surface area contributed by atoms with Crippen molar-refractivity contribution in [3.05, 3.63) is 33.3 Å². The van der Waals surface area contributed by atoms with E-state index in [0.29, 0.717) is 5.92 Å². The van der Waals surface area contributed by atoms with Gasteiger partial charge in [-0.2, -0.15) is 0 Å². The van der Waals surface area contributed by atoms with E-state index in [0.717, 1.165) is 42.2 Å². The van der Waals surface area contributed by atoms with Crippen LogP contribution >= 0.6 is 27.5 Å². The zero-order chi connectivity index (χ0) is 13.4. The van der Waals surface area contributed by atoms with Gasteiger partial charge in [0.15, 0.2) is 0 Å². The number of halogens is 2. The zero-order valence-electron chi connectivity index (χ0n) is 11.0. The van der Waals surface area contributed by atoms with Crippen LogP contribution in [0.2, 0.25) is 5.02 Å². The van der Waals surface area contributed by atoms with Gasteiger partial charge in [0, 0.05) is 24.2 Å². The normalized spacial score (nSPS) is 11.2. The summed E-state index contributed by atoms with van der Waals surface area (Å²) < 4.78 is 6.45. The molecule has 18 heavy (non-hydrogen) atoms. The van der Waals surface area contributed by atoms with Crippen LogP contribution in [0, 0.1) is 5.92 Å². The van der Waals surface area contributed by atoms with Gasteiger partial charge in [0.1, 0.15) is 0 Å². The SMILES string of the molecule is CC(C)COCCCNCc1ccc(Br)c(Cl)c1. The van der Waals surface area contributed by atoms with Crippen molar-refractivity contribution in [2.45, 2.75) is 26.8 Å². The molecule has 4 heteroatoms. The van der Waals surface area contributed by atoms with Gasteiger partial charge < -0.3 is 10.1 Å². The first-order chi connectivity index (χ1) is 8.59. The van der Waals surface area contributed by atoms with Gasteiger partial charge in [-0.25, -0.2) is 0 Å². The first kappa shape index (κ1) is 16.0. The van der Waals surface area contributed by atoms with Crippen molar-refractivity contribution in [3.8, 4) is 0 Å². The summed E-state index contributed by atoms with van der Waals surface area (Å²) in [6.07, 6.45) is 1.04. The van der Waals surface area contributed by atoms with E-state index in [9.17, 15) is 0 Å². The maximum atomic E-state index is 6.03. The highest BCUT2D eigenvalue weighted by Crippen LogP contribution is 2.22. The lowest BCUT2D eigenvalue weighted by Gasteiger charge is -2.08. The van der Waals surface area contributed by atoms with Crippen LogP contribution in [0.3, 0.4) is 0 Å². The molecule has 0 radical (unpaired) electrons. The molecule has 2 nitrogen and oxygen atoms in total. The fourth-order valence-corrected chi connectivity index (χ4v) is 1.95. The molecule has 0 fully saturated rings. The summed E-state index contributed by atoms with van der Waals surface area (Å²) in [5, 5.41) is 4.14. The minimum atomic E-state index is 0.614. The second-order valence-electron chi connectivity index (χ2n) is 4.75. The molecule has 1 aromatic rings. The maximum Gasteiger partial charge on any atom is 0.0551 e. The number of nitrogens with one attached hydrogen (secondary N) is 1. The molecule has 1 N–H and O–H groups in total. The Kier molecular flexibility index (Phi) is 7.91. The molecular formula is C14H21BrClNO. The largest absolute Gasteiger partial charge is 0.381 e. The maximum absolute atomic E-state index is 6.03. The molecule has 1 aromatic carbocycles. The van der Waals surface area contributed by atoms with E-state index < -0.39 is 0 Å². The smallest absolute Gasteiger partial charge is 0.0551 e. The molecule has 0 aliphatic carbocycles. The van der Waals surface area contributed by atoms with Gasteiger partial charge in [-0.1, -0.05) is 31.5 Å². The van der Waals surface area contributed by atoms with Gasteiger partial charge in [0.25, 0.3) is 0 Å². The first-order valence-corrected chi connectivity index (χ1v) is 7.49. The number of hydrogen-bond donors (Lipinski definition) is 1. The minimum Gasteiger partial charge on any atom is -0.381 e. The van der Waals surface area contributed by atoms with Crippen molar-refractivity contribution in [1.29, 1.82) is 0 Å². The van der Waals surface area contributed by atoms with Crippen LogP contribution in [-0.4, -0.2) is 19.8 Å². The molecule has 0 bridgehead atoms. The standard InChI is InChI=1S/C14H21BrClNO/c1-11(2)10-18-7-3-6-17-9-12-4-5-13(15)14(16)8-12/h4-5,8,11,17H,3,6-7,9-10H2,1-2H3. The summed E-state index contributed by atoms with van der Waals surface area (Å²) in [5.74, 6) is 0.614. The van der Waals surface area contributed by atoms with E-state index in [1.165, 1.54) is 5.56 Å². The quantitative estimate of drug-likeness (QED) is 0.717. The Morgan fingerprint density at radius 3 is 2.83 bits per heavy atom. The summed E-state index contributed by atoms with van der Waals surface area (Å²) in [7, 11) is 0. The molecule has 0 aliphatic heterocycles. The summed E-state index contributed by atoms with van der Waals surface area (Å²) >= 11 is 9.41. The Morgan fingerprint density at radius 1 is 1.39 bits per heavy atom. The highest BCUT2D eigenvalue weighted by molar-refractivity contribution is 9.10. The van der Waals surface area contributed by atoms with Crippen molar-refractivity contribution in [1.82, 2.24) is 5.32 Å². The van der Waals surface area contributed by atoms with E-state index in [1.807, 2.05) is 12.1 Å². The summed E-state index contributed by atoms with van der Waals surface area (Å²) in [6.45, 7) is 7.81. The van der Waals surface area contributed by atoms with Crippen LogP contribution < -0.4 is 5.32 Å². The fraction of sp³-hybridized carbons (Fsp3) is 0.571. The highest BCUT2D eigenvalue weighted by atomic mass is 79.9. The molecule has 0 saturated heterocycles. The Bertz CT molecular complexity index is 358. The van der Waals surface area contributed by atoms with Gasteiger partial charge in [-0.05, 0) is 52.5 Å². The predicted octanol–water partition coefficient (Wildman–Crippen LogP) is 4.25. The second-order valence-corrected chi connectivity index (χ2v) is 6.01. The fourth-order valence-electron chi connectivity index (χ4n) is 1.50. The zero-order valence-corrected chi connectivity index (χ0v) is 13.4. The van der Waals surface area contributed by atoms with Crippen LogP contribution in [-0.2, 0) is 11.3 Å². The Balaban J connectivity index is 2.09. The molecule has 0 amide bonds. The van der Waals surface area contributed by atoms with Crippen molar-refractivity contribution in [2.75, 3.05) is 19.8 Å². The Hall–Kier alpha value is -0.0900. The average Bonchev–Trinajstić information content (AvgIpc) is 2.32. The topological polar surface area (TPSA) is 21.3 Å². The molecule has 1 rings (SSSR count). The number of ether oxygens (including phenoxy) is 1. The average molecular weight is 335 g/mol. The predicted molar refractivity (Wildman–Crippen MR) is 81.1 cm³/mol. The first-order valence-electron chi connectivity index (χ1n) is 6.32. The third-order valence-corrected chi connectivity index (χ3v) is 3.64. The molecule has 0 atom stereocenters. The Morgan fingerprint density at radius 2 is 2.17 bits per heavy atom. The van der Waals surface area contributed by atoms with Crippen LogP contribution in [0.15, 0.2) is 22.7 Å². The summed E-state index contributed by atoms with van der Waals surface area (Å²) in [5.41, 5.74) is 1.20. The molecule has 0 saturated carbocycles. The van der Waals surface area contributed by atoms with Crippen molar-refractivity contribution in [2.24, 2.45) is 5.92 Å². The van der Waals surface area contributed by atoms with Gasteiger partial charge in [-0.3, -0.25) is 0 Å². The van der Waals surface area contributed by atoms with Gasteiger partial charge >= 0.3 is 0 Å². The summed E-state index contributed by atoms with van der Waals surface area (Å²) in [4.78, 5) is 0.